The quantitative estimate of drug-likeness (QED) is 0.431. The molecule has 2 aromatic rings. The molecule has 0 aliphatic rings. The number of hydrazone groups is 1. The molecule has 0 aromatic heterocycles. The average molecular weight is 384 g/mol. The van der Waals surface area contributed by atoms with Crippen molar-refractivity contribution in [3.8, 4) is 5.75 Å². The fraction of sp³-hybridized carbons (Fsp3) is 0.211. The van der Waals surface area contributed by atoms with Crippen molar-refractivity contribution < 1.29 is 19.2 Å². The summed E-state index contributed by atoms with van der Waals surface area (Å²) in [6, 6.07) is 10.5. The summed E-state index contributed by atoms with van der Waals surface area (Å²) in [6.45, 7) is 3.50. The van der Waals surface area contributed by atoms with Crippen LogP contribution in [-0.2, 0) is 4.79 Å². The Morgan fingerprint density at radius 3 is 2.46 bits per heavy atom. The summed E-state index contributed by atoms with van der Waals surface area (Å²) < 4.78 is 5.21. The minimum absolute atomic E-state index is 0.0301. The Morgan fingerprint density at radius 1 is 1.18 bits per heavy atom. The van der Waals surface area contributed by atoms with Crippen molar-refractivity contribution in [2.75, 3.05) is 12.4 Å². The number of carbonyl (C=O) groups excluding carboxylic acids is 2. The van der Waals surface area contributed by atoms with Crippen molar-refractivity contribution in [2.45, 2.75) is 20.3 Å². The molecule has 0 saturated carbocycles. The van der Waals surface area contributed by atoms with E-state index < -0.39 is 10.8 Å². The van der Waals surface area contributed by atoms with Gasteiger partial charge < -0.3 is 10.1 Å². The SMILES string of the molecule is COc1ccc(C)cc1NC(=O)C/C(C)=N/NC(=O)c1ccc([N+](=O)[O-])cc1. The van der Waals surface area contributed by atoms with Crippen molar-refractivity contribution >= 4 is 28.9 Å². The predicted molar refractivity (Wildman–Crippen MR) is 105 cm³/mol. The van der Waals surface area contributed by atoms with Crippen LogP contribution in [0.15, 0.2) is 47.6 Å². The molecule has 2 rings (SSSR count). The van der Waals surface area contributed by atoms with Gasteiger partial charge in [0.2, 0.25) is 5.91 Å². The highest BCUT2D eigenvalue weighted by molar-refractivity contribution is 6.06. The number of non-ortho nitro benzene ring substituents is 1. The van der Waals surface area contributed by atoms with Gasteiger partial charge in [-0.1, -0.05) is 6.07 Å². The van der Waals surface area contributed by atoms with Gasteiger partial charge in [-0.15, -0.1) is 0 Å². The number of hydrogen-bond acceptors (Lipinski definition) is 6. The molecule has 9 nitrogen and oxygen atoms in total. The Bertz CT molecular complexity index is 922. The molecule has 0 atom stereocenters. The second-order valence-corrected chi connectivity index (χ2v) is 6.02. The summed E-state index contributed by atoms with van der Waals surface area (Å²) in [5.74, 6) is -0.301. The zero-order valence-electron chi connectivity index (χ0n) is 15.7. The number of benzene rings is 2. The van der Waals surface area contributed by atoms with Crippen LogP contribution in [0.4, 0.5) is 11.4 Å². The first-order chi connectivity index (χ1) is 13.3. The van der Waals surface area contributed by atoms with Crippen molar-refractivity contribution in [3.05, 3.63) is 63.7 Å². The van der Waals surface area contributed by atoms with Gasteiger partial charge in [-0.2, -0.15) is 5.10 Å². The summed E-state index contributed by atoms with van der Waals surface area (Å²) in [5, 5.41) is 17.3. The summed E-state index contributed by atoms with van der Waals surface area (Å²) in [4.78, 5) is 34.3. The van der Waals surface area contributed by atoms with E-state index in [1.54, 1.807) is 19.1 Å². The highest BCUT2D eigenvalue weighted by atomic mass is 16.6. The van der Waals surface area contributed by atoms with E-state index in [0.717, 1.165) is 5.56 Å². The first-order valence-electron chi connectivity index (χ1n) is 8.32. The Kier molecular flexibility index (Phi) is 6.80. The lowest BCUT2D eigenvalue weighted by molar-refractivity contribution is -0.384. The van der Waals surface area contributed by atoms with Crippen LogP contribution in [0.2, 0.25) is 0 Å². The van der Waals surface area contributed by atoms with E-state index in [1.807, 2.05) is 13.0 Å². The number of aryl methyl sites for hydroxylation is 1. The number of methoxy groups -OCH3 is 1. The topological polar surface area (TPSA) is 123 Å². The lowest BCUT2D eigenvalue weighted by atomic mass is 10.2. The Hall–Kier alpha value is -3.75. The van der Waals surface area contributed by atoms with Crippen LogP contribution in [0.1, 0.15) is 29.3 Å². The van der Waals surface area contributed by atoms with E-state index in [0.29, 0.717) is 17.1 Å². The maximum absolute atomic E-state index is 12.2. The highest BCUT2D eigenvalue weighted by Gasteiger charge is 2.11. The predicted octanol–water partition coefficient (Wildman–Crippen LogP) is 3.05. The van der Waals surface area contributed by atoms with E-state index in [2.05, 4.69) is 15.8 Å². The van der Waals surface area contributed by atoms with Gasteiger partial charge in [-0.05, 0) is 43.7 Å². The van der Waals surface area contributed by atoms with Crippen molar-refractivity contribution in [3.63, 3.8) is 0 Å². The first kappa shape index (κ1) is 20.6. The number of ether oxygens (including phenoxy) is 1. The van der Waals surface area contributed by atoms with E-state index >= 15 is 0 Å². The maximum atomic E-state index is 12.2. The monoisotopic (exact) mass is 384 g/mol. The lowest BCUT2D eigenvalue weighted by Crippen LogP contribution is -2.21. The van der Waals surface area contributed by atoms with Crippen molar-refractivity contribution in [2.24, 2.45) is 5.10 Å². The number of nitro groups is 1. The van der Waals surface area contributed by atoms with E-state index in [9.17, 15) is 19.7 Å². The molecular formula is C19H20N4O5. The number of nitro benzene ring substituents is 1. The minimum Gasteiger partial charge on any atom is -0.495 e. The molecule has 0 bridgehead atoms. The number of amides is 2. The number of anilines is 1. The molecule has 0 spiro atoms. The van der Waals surface area contributed by atoms with Gasteiger partial charge in [0.05, 0.1) is 24.1 Å². The normalized spacial score (nSPS) is 10.9. The van der Waals surface area contributed by atoms with E-state index in [1.165, 1.54) is 31.4 Å². The lowest BCUT2D eigenvalue weighted by Gasteiger charge is -2.11. The first-order valence-corrected chi connectivity index (χ1v) is 8.32. The summed E-state index contributed by atoms with van der Waals surface area (Å²) in [6.07, 6.45) is -0.0301. The van der Waals surface area contributed by atoms with Crippen LogP contribution in [0.3, 0.4) is 0 Å². The van der Waals surface area contributed by atoms with Crippen LogP contribution in [-0.4, -0.2) is 29.6 Å². The average Bonchev–Trinajstić information content (AvgIpc) is 2.66. The van der Waals surface area contributed by atoms with Crippen LogP contribution in [0, 0.1) is 17.0 Å². The molecule has 28 heavy (non-hydrogen) atoms. The highest BCUT2D eigenvalue weighted by Crippen LogP contribution is 2.25. The fourth-order valence-electron chi connectivity index (χ4n) is 2.33. The zero-order chi connectivity index (χ0) is 20.7. The van der Waals surface area contributed by atoms with Crippen LogP contribution in [0.25, 0.3) is 0 Å². The molecule has 2 aromatic carbocycles. The Labute approximate surface area is 161 Å². The van der Waals surface area contributed by atoms with Crippen LogP contribution in [0.5, 0.6) is 5.75 Å². The molecule has 2 amide bonds. The standard InChI is InChI=1S/C19H20N4O5/c1-12-4-9-17(28-3)16(10-12)20-18(24)11-13(2)21-22-19(25)14-5-7-15(8-6-14)23(26)27/h4-10H,11H2,1-3H3,(H,20,24)(H,22,25)/b21-13+. The summed E-state index contributed by atoms with van der Waals surface area (Å²) in [7, 11) is 1.51. The third-order valence-corrected chi connectivity index (χ3v) is 3.73. The smallest absolute Gasteiger partial charge is 0.271 e. The second-order valence-electron chi connectivity index (χ2n) is 6.02. The molecule has 0 aliphatic heterocycles. The largest absolute Gasteiger partial charge is 0.495 e. The van der Waals surface area contributed by atoms with Crippen LogP contribution >= 0.6 is 0 Å². The fourth-order valence-corrected chi connectivity index (χ4v) is 2.33. The second kappa shape index (κ2) is 9.26. The molecule has 0 aliphatic carbocycles. The van der Waals surface area contributed by atoms with Gasteiger partial charge in [-0.25, -0.2) is 5.43 Å². The van der Waals surface area contributed by atoms with E-state index in [-0.39, 0.29) is 23.6 Å². The molecule has 0 unspecified atom stereocenters. The number of hydrogen-bond donors (Lipinski definition) is 2. The van der Waals surface area contributed by atoms with Gasteiger partial charge in [-0.3, -0.25) is 19.7 Å². The maximum Gasteiger partial charge on any atom is 0.271 e. The van der Waals surface area contributed by atoms with Gasteiger partial charge >= 0.3 is 0 Å². The molecule has 0 fully saturated rings. The summed E-state index contributed by atoms with van der Waals surface area (Å²) in [5.41, 5.74) is 4.34. The molecule has 0 heterocycles. The van der Waals surface area contributed by atoms with Gasteiger partial charge in [0, 0.05) is 23.4 Å². The molecule has 0 radical (unpaired) electrons. The number of rotatable bonds is 7. The number of nitrogens with one attached hydrogen (secondary N) is 2. The minimum atomic E-state index is -0.550. The Morgan fingerprint density at radius 2 is 1.86 bits per heavy atom. The molecule has 2 N–H and O–H groups in total. The summed E-state index contributed by atoms with van der Waals surface area (Å²) >= 11 is 0. The number of nitrogens with zero attached hydrogens (tertiary/aromatic N) is 2. The molecule has 0 saturated heterocycles. The Balaban J connectivity index is 1.94. The van der Waals surface area contributed by atoms with Gasteiger partial charge in [0.25, 0.3) is 11.6 Å². The third-order valence-electron chi connectivity index (χ3n) is 3.73. The van der Waals surface area contributed by atoms with Crippen LogP contribution < -0.4 is 15.5 Å². The molecule has 146 valence electrons. The van der Waals surface area contributed by atoms with Crippen molar-refractivity contribution in [1.29, 1.82) is 0 Å². The van der Waals surface area contributed by atoms with Gasteiger partial charge in [0.15, 0.2) is 0 Å². The molecule has 9 heteroatoms. The number of carbonyl (C=O) groups is 2. The molecular weight excluding hydrogens is 364 g/mol. The zero-order valence-corrected chi connectivity index (χ0v) is 15.7. The van der Waals surface area contributed by atoms with Gasteiger partial charge in [0.1, 0.15) is 5.75 Å². The van der Waals surface area contributed by atoms with E-state index in [4.69, 9.17) is 4.74 Å². The third kappa shape index (κ3) is 5.63. The van der Waals surface area contributed by atoms with Crippen molar-refractivity contribution in [1.82, 2.24) is 5.43 Å².